The van der Waals surface area contributed by atoms with Crippen LogP contribution in [-0.4, -0.2) is 58.4 Å². The summed E-state index contributed by atoms with van der Waals surface area (Å²) in [4.78, 5) is 26.9. The van der Waals surface area contributed by atoms with Gasteiger partial charge in [0.05, 0.1) is 18.8 Å². The minimum Gasteiger partial charge on any atom is -0.490 e. The summed E-state index contributed by atoms with van der Waals surface area (Å²) in [6, 6.07) is 22.8. The van der Waals surface area contributed by atoms with Gasteiger partial charge in [-0.3, -0.25) is 4.79 Å². The highest BCUT2D eigenvalue weighted by Gasteiger charge is 2.24. The van der Waals surface area contributed by atoms with Gasteiger partial charge in [0.1, 0.15) is 24.3 Å². The van der Waals surface area contributed by atoms with Crippen LogP contribution in [0.4, 0.5) is 23.3 Å². The molecule has 2 aromatic carbocycles. The molecule has 0 amide bonds. The molecule has 2 aromatic heterocycles. The number of pyridine rings is 1. The van der Waals surface area contributed by atoms with Crippen molar-refractivity contribution in [1.29, 1.82) is 0 Å². The number of aliphatic carboxylic acids is 1. The number of benzene rings is 2. The standard InChI is InChI=1S/C30H32N6O4/c1-2-39-25-9-3-4-10-26(25)40-23-7-6-18-36(20-23)30-31-17-16-28(35-30)34-27-11-5-8-24(33-27)21-12-14-22(15-13-21)32-19-29(37)38/h3-5,8-17,23,32H,2,6-7,18-20H2,1H3,(H,37,38)(H,31,33,34,35)/t23-/m1/s1. The van der Waals surface area contributed by atoms with Crippen LogP contribution in [0.25, 0.3) is 11.3 Å². The maximum absolute atomic E-state index is 10.8. The van der Waals surface area contributed by atoms with Gasteiger partial charge in [0.25, 0.3) is 0 Å². The molecular formula is C30H32N6O4. The van der Waals surface area contributed by atoms with Crippen LogP contribution in [0.1, 0.15) is 19.8 Å². The van der Waals surface area contributed by atoms with Crippen LogP contribution in [0.5, 0.6) is 11.5 Å². The Hall–Kier alpha value is -4.86. The molecule has 4 aromatic rings. The van der Waals surface area contributed by atoms with Crippen molar-refractivity contribution in [3.05, 3.63) is 79.0 Å². The number of para-hydroxylation sites is 2. The summed E-state index contributed by atoms with van der Waals surface area (Å²) in [7, 11) is 0. The fraction of sp³-hybridized carbons (Fsp3) is 0.267. The van der Waals surface area contributed by atoms with Crippen LogP contribution in [-0.2, 0) is 4.79 Å². The smallest absolute Gasteiger partial charge is 0.322 e. The first-order valence-electron chi connectivity index (χ1n) is 13.3. The molecule has 0 spiro atoms. The maximum Gasteiger partial charge on any atom is 0.322 e. The Labute approximate surface area is 233 Å². The second kappa shape index (κ2) is 12.8. The van der Waals surface area contributed by atoms with Gasteiger partial charge >= 0.3 is 5.97 Å². The normalized spacial score (nSPS) is 14.8. The fourth-order valence-electron chi connectivity index (χ4n) is 4.52. The van der Waals surface area contributed by atoms with Crippen LogP contribution < -0.4 is 25.0 Å². The largest absolute Gasteiger partial charge is 0.490 e. The minimum atomic E-state index is -0.908. The predicted molar refractivity (Wildman–Crippen MR) is 155 cm³/mol. The van der Waals surface area contributed by atoms with Crippen molar-refractivity contribution < 1.29 is 19.4 Å². The number of anilines is 4. The van der Waals surface area contributed by atoms with Gasteiger partial charge in [-0.15, -0.1) is 0 Å². The molecule has 1 aliphatic rings. The highest BCUT2D eigenvalue weighted by molar-refractivity contribution is 5.73. The van der Waals surface area contributed by atoms with Gasteiger partial charge in [0, 0.05) is 24.0 Å². The average Bonchev–Trinajstić information content (AvgIpc) is 2.98. The summed E-state index contributed by atoms with van der Waals surface area (Å²) in [5.74, 6) is 2.54. The van der Waals surface area contributed by atoms with E-state index >= 15 is 0 Å². The van der Waals surface area contributed by atoms with E-state index in [1.807, 2.05) is 79.7 Å². The molecule has 10 heteroatoms. The lowest BCUT2D eigenvalue weighted by Crippen LogP contribution is -2.42. The molecule has 0 bridgehead atoms. The predicted octanol–water partition coefficient (Wildman–Crippen LogP) is 5.23. The number of carboxylic acids is 1. The Morgan fingerprint density at radius 1 is 1.00 bits per heavy atom. The van der Waals surface area contributed by atoms with E-state index in [0.717, 1.165) is 47.8 Å². The molecule has 0 unspecified atom stereocenters. The van der Waals surface area contributed by atoms with Crippen molar-refractivity contribution in [2.45, 2.75) is 25.9 Å². The van der Waals surface area contributed by atoms with Crippen LogP contribution in [0.2, 0.25) is 0 Å². The third kappa shape index (κ3) is 6.96. The van der Waals surface area contributed by atoms with Gasteiger partial charge < -0.3 is 30.1 Å². The average molecular weight is 541 g/mol. The zero-order valence-electron chi connectivity index (χ0n) is 22.3. The molecule has 0 saturated carbocycles. The highest BCUT2D eigenvalue weighted by atomic mass is 16.5. The summed E-state index contributed by atoms with van der Waals surface area (Å²) in [5, 5.41) is 15.0. The molecule has 10 nitrogen and oxygen atoms in total. The Morgan fingerprint density at radius 3 is 2.60 bits per heavy atom. The van der Waals surface area contributed by atoms with E-state index in [9.17, 15) is 4.79 Å². The van der Waals surface area contributed by atoms with E-state index in [4.69, 9.17) is 24.5 Å². The number of rotatable bonds is 11. The van der Waals surface area contributed by atoms with Crippen molar-refractivity contribution in [2.24, 2.45) is 0 Å². The van der Waals surface area contributed by atoms with E-state index in [1.165, 1.54) is 0 Å². The molecule has 1 fully saturated rings. The molecule has 206 valence electrons. The van der Waals surface area contributed by atoms with Crippen molar-refractivity contribution in [1.82, 2.24) is 15.0 Å². The van der Waals surface area contributed by atoms with Gasteiger partial charge in [-0.05, 0) is 62.2 Å². The van der Waals surface area contributed by atoms with Gasteiger partial charge in [-0.25, -0.2) is 9.97 Å². The molecule has 3 heterocycles. The number of carbonyl (C=O) groups is 1. The topological polar surface area (TPSA) is 122 Å². The summed E-state index contributed by atoms with van der Waals surface area (Å²) in [6.07, 6.45) is 3.66. The summed E-state index contributed by atoms with van der Waals surface area (Å²) in [6.45, 7) is 3.94. The Kier molecular flexibility index (Phi) is 8.55. The summed E-state index contributed by atoms with van der Waals surface area (Å²) >= 11 is 0. The van der Waals surface area contributed by atoms with E-state index in [2.05, 4.69) is 20.5 Å². The quantitative estimate of drug-likeness (QED) is 0.233. The summed E-state index contributed by atoms with van der Waals surface area (Å²) < 4.78 is 12.0. The van der Waals surface area contributed by atoms with Crippen molar-refractivity contribution in [3.8, 4) is 22.8 Å². The summed E-state index contributed by atoms with van der Waals surface area (Å²) in [5.41, 5.74) is 2.43. The second-order valence-corrected chi connectivity index (χ2v) is 9.31. The number of ether oxygens (including phenoxy) is 2. The fourth-order valence-corrected chi connectivity index (χ4v) is 4.52. The first kappa shape index (κ1) is 26.7. The Morgan fingerprint density at radius 2 is 1.80 bits per heavy atom. The first-order chi connectivity index (χ1) is 19.6. The maximum atomic E-state index is 10.8. The van der Waals surface area contributed by atoms with Gasteiger partial charge in [-0.1, -0.05) is 30.3 Å². The SMILES string of the molecule is CCOc1ccccc1O[C@@H]1CCCN(c2nccc(Nc3cccc(-c4ccc(NCC(=O)O)cc4)n3)n2)C1. The Balaban J connectivity index is 1.24. The van der Waals surface area contributed by atoms with E-state index in [1.54, 1.807) is 6.20 Å². The van der Waals surface area contributed by atoms with Crippen LogP contribution in [0, 0.1) is 0 Å². The lowest BCUT2D eigenvalue weighted by atomic mass is 10.1. The molecule has 5 rings (SSSR count). The molecule has 40 heavy (non-hydrogen) atoms. The second-order valence-electron chi connectivity index (χ2n) is 9.31. The van der Waals surface area contributed by atoms with Gasteiger partial charge in [0.15, 0.2) is 11.5 Å². The van der Waals surface area contributed by atoms with Crippen LogP contribution >= 0.6 is 0 Å². The Bertz CT molecular complexity index is 1430. The zero-order valence-corrected chi connectivity index (χ0v) is 22.3. The number of nitrogens with zero attached hydrogens (tertiary/aromatic N) is 4. The monoisotopic (exact) mass is 540 g/mol. The molecule has 0 aliphatic carbocycles. The van der Waals surface area contributed by atoms with Crippen molar-refractivity contribution >= 4 is 29.2 Å². The lowest BCUT2D eigenvalue weighted by Gasteiger charge is -2.33. The highest BCUT2D eigenvalue weighted by Crippen LogP contribution is 2.30. The minimum absolute atomic E-state index is 0.000337. The molecular weight excluding hydrogens is 508 g/mol. The molecule has 1 saturated heterocycles. The van der Waals surface area contributed by atoms with E-state index in [0.29, 0.717) is 30.7 Å². The van der Waals surface area contributed by atoms with Crippen molar-refractivity contribution in [2.75, 3.05) is 41.8 Å². The van der Waals surface area contributed by atoms with E-state index in [-0.39, 0.29) is 12.6 Å². The third-order valence-corrected chi connectivity index (χ3v) is 6.38. The third-order valence-electron chi connectivity index (χ3n) is 6.38. The van der Waals surface area contributed by atoms with Crippen molar-refractivity contribution in [3.63, 3.8) is 0 Å². The van der Waals surface area contributed by atoms with Crippen LogP contribution in [0.3, 0.4) is 0 Å². The molecule has 0 radical (unpaired) electrons. The van der Waals surface area contributed by atoms with Gasteiger partial charge in [-0.2, -0.15) is 4.98 Å². The van der Waals surface area contributed by atoms with Gasteiger partial charge in [0.2, 0.25) is 5.95 Å². The van der Waals surface area contributed by atoms with Crippen LogP contribution in [0.15, 0.2) is 79.0 Å². The number of hydrogen-bond acceptors (Lipinski definition) is 9. The number of aromatic nitrogens is 3. The van der Waals surface area contributed by atoms with E-state index < -0.39 is 5.97 Å². The lowest BCUT2D eigenvalue weighted by molar-refractivity contribution is -0.134. The molecule has 1 atom stereocenters. The number of hydrogen-bond donors (Lipinski definition) is 3. The zero-order chi connectivity index (χ0) is 27.7. The molecule has 1 aliphatic heterocycles. The first-order valence-corrected chi connectivity index (χ1v) is 13.3. The number of carboxylic acid groups (broad SMARTS) is 1. The number of nitrogens with one attached hydrogen (secondary N) is 2. The number of piperidine rings is 1. The molecule has 3 N–H and O–H groups in total.